The minimum Gasteiger partial charge on any atom is -0.469 e. The van der Waals surface area contributed by atoms with Crippen LogP contribution in [-0.2, 0) is 14.3 Å². The highest BCUT2D eigenvalue weighted by molar-refractivity contribution is 5.82. The molecule has 1 rings (SSSR count). The number of aliphatic hydroxyl groups is 1. The topological polar surface area (TPSA) is 87.7 Å². The summed E-state index contributed by atoms with van der Waals surface area (Å²) in [5.41, 5.74) is 0. The Morgan fingerprint density at radius 1 is 1.25 bits per heavy atom. The van der Waals surface area contributed by atoms with Gasteiger partial charge in [-0.05, 0) is 19.3 Å². The number of carbonyl (C=O) groups is 2. The van der Waals surface area contributed by atoms with Gasteiger partial charge in [-0.15, -0.1) is 0 Å². The fourth-order valence-electron chi connectivity index (χ4n) is 2.28. The molecule has 0 aromatic carbocycles. The monoisotopic (exact) mass is 286 g/mol. The Bertz CT molecular complexity index is 310. The maximum atomic E-state index is 11.7. The van der Waals surface area contributed by atoms with Gasteiger partial charge in [-0.1, -0.05) is 19.3 Å². The van der Waals surface area contributed by atoms with Crippen molar-refractivity contribution in [3.05, 3.63) is 0 Å². The van der Waals surface area contributed by atoms with Crippen LogP contribution < -0.4 is 10.6 Å². The molecule has 1 amide bonds. The number of rotatable bonds is 9. The smallest absolute Gasteiger partial charge is 0.305 e. The molecule has 2 atom stereocenters. The second-order valence-electron chi connectivity index (χ2n) is 5.24. The van der Waals surface area contributed by atoms with E-state index in [1.54, 1.807) is 0 Å². The van der Waals surface area contributed by atoms with Gasteiger partial charge < -0.3 is 20.5 Å². The van der Waals surface area contributed by atoms with Crippen LogP contribution in [0.5, 0.6) is 0 Å². The van der Waals surface area contributed by atoms with Crippen LogP contribution in [0.1, 0.15) is 44.9 Å². The van der Waals surface area contributed by atoms with Crippen LogP contribution in [0.25, 0.3) is 0 Å². The van der Waals surface area contributed by atoms with Crippen molar-refractivity contribution in [1.29, 1.82) is 0 Å². The molecular formula is C14H26N2O4. The van der Waals surface area contributed by atoms with E-state index in [2.05, 4.69) is 15.4 Å². The predicted molar refractivity (Wildman–Crippen MR) is 75.1 cm³/mol. The molecule has 1 fully saturated rings. The molecule has 0 aromatic rings. The molecule has 3 N–H and O–H groups in total. The Labute approximate surface area is 120 Å². The highest BCUT2D eigenvalue weighted by atomic mass is 16.5. The molecule has 0 saturated carbocycles. The number of unbranched alkanes of at least 4 members (excludes halogenated alkanes) is 4. The zero-order valence-corrected chi connectivity index (χ0v) is 12.2. The van der Waals surface area contributed by atoms with Gasteiger partial charge in [0.15, 0.2) is 0 Å². The van der Waals surface area contributed by atoms with Crippen molar-refractivity contribution in [3.63, 3.8) is 0 Å². The Morgan fingerprint density at radius 2 is 1.95 bits per heavy atom. The predicted octanol–water partition coefficient (Wildman–Crippen LogP) is 0.339. The summed E-state index contributed by atoms with van der Waals surface area (Å²) in [7, 11) is 1.41. The average Bonchev–Trinajstić information content (AvgIpc) is 2.87. The third-order valence-corrected chi connectivity index (χ3v) is 3.51. The second-order valence-corrected chi connectivity index (χ2v) is 5.24. The second kappa shape index (κ2) is 9.72. The number of carbonyl (C=O) groups excluding carboxylic acids is 2. The van der Waals surface area contributed by atoms with E-state index < -0.39 is 6.10 Å². The number of hydrogen-bond acceptors (Lipinski definition) is 5. The molecule has 0 aliphatic carbocycles. The first kappa shape index (κ1) is 16.9. The van der Waals surface area contributed by atoms with E-state index in [9.17, 15) is 14.7 Å². The molecule has 20 heavy (non-hydrogen) atoms. The van der Waals surface area contributed by atoms with Crippen molar-refractivity contribution in [2.24, 2.45) is 0 Å². The zero-order valence-electron chi connectivity index (χ0n) is 12.2. The lowest BCUT2D eigenvalue weighted by molar-refractivity contribution is -0.140. The number of amides is 1. The Kier molecular flexibility index (Phi) is 8.22. The van der Waals surface area contributed by atoms with Crippen molar-refractivity contribution in [3.8, 4) is 0 Å². The van der Waals surface area contributed by atoms with Crippen molar-refractivity contribution < 1.29 is 19.4 Å². The SMILES string of the molecule is COC(=O)CCCCCCCNC(=O)C1CC(O)CN1. The van der Waals surface area contributed by atoms with Gasteiger partial charge in [0.1, 0.15) is 0 Å². The largest absolute Gasteiger partial charge is 0.469 e. The molecule has 0 spiro atoms. The summed E-state index contributed by atoms with van der Waals surface area (Å²) in [5.74, 6) is -0.171. The van der Waals surface area contributed by atoms with Gasteiger partial charge in [0.2, 0.25) is 5.91 Å². The quantitative estimate of drug-likeness (QED) is 0.420. The first-order valence-electron chi connectivity index (χ1n) is 7.39. The van der Waals surface area contributed by atoms with Gasteiger partial charge >= 0.3 is 5.97 Å². The van der Waals surface area contributed by atoms with Crippen LogP contribution in [0.15, 0.2) is 0 Å². The van der Waals surface area contributed by atoms with Crippen LogP contribution in [-0.4, -0.2) is 49.3 Å². The first-order chi connectivity index (χ1) is 9.63. The van der Waals surface area contributed by atoms with Gasteiger partial charge in [0, 0.05) is 19.5 Å². The van der Waals surface area contributed by atoms with E-state index in [0.717, 1.165) is 32.1 Å². The number of ether oxygens (including phenoxy) is 1. The van der Waals surface area contributed by atoms with E-state index in [1.165, 1.54) is 7.11 Å². The molecule has 0 radical (unpaired) electrons. The highest BCUT2D eigenvalue weighted by Crippen LogP contribution is 2.07. The number of esters is 1. The number of nitrogens with one attached hydrogen (secondary N) is 2. The van der Waals surface area contributed by atoms with Gasteiger partial charge in [0.25, 0.3) is 0 Å². The van der Waals surface area contributed by atoms with Gasteiger partial charge in [-0.2, -0.15) is 0 Å². The lowest BCUT2D eigenvalue weighted by Crippen LogP contribution is -2.40. The molecule has 1 aliphatic rings. The summed E-state index contributed by atoms with van der Waals surface area (Å²) < 4.78 is 4.57. The van der Waals surface area contributed by atoms with Crippen molar-refractivity contribution >= 4 is 11.9 Å². The summed E-state index contributed by atoms with van der Waals surface area (Å²) in [6.45, 7) is 1.17. The van der Waals surface area contributed by atoms with Crippen LogP contribution in [0.2, 0.25) is 0 Å². The lowest BCUT2D eigenvalue weighted by Gasteiger charge is -2.10. The number of hydrogen-bond donors (Lipinski definition) is 3. The Hall–Kier alpha value is -1.14. The molecule has 1 aliphatic heterocycles. The van der Waals surface area contributed by atoms with Gasteiger partial charge in [0.05, 0.1) is 19.3 Å². The third-order valence-electron chi connectivity index (χ3n) is 3.51. The van der Waals surface area contributed by atoms with E-state index in [4.69, 9.17) is 0 Å². The van der Waals surface area contributed by atoms with E-state index in [0.29, 0.717) is 25.9 Å². The molecule has 0 bridgehead atoms. The number of methoxy groups -OCH3 is 1. The number of β-amino-alcohol motifs (C(OH)–C–C–N with tert-alkyl or cyclic N) is 1. The maximum Gasteiger partial charge on any atom is 0.305 e. The summed E-state index contributed by atoms with van der Waals surface area (Å²) >= 11 is 0. The standard InChI is InChI=1S/C14H26N2O4/c1-20-13(18)7-5-3-2-4-6-8-15-14(19)12-9-11(17)10-16-12/h11-12,16-17H,2-10H2,1H3,(H,15,19). The van der Waals surface area contributed by atoms with E-state index in [-0.39, 0.29) is 17.9 Å². The summed E-state index contributed by atoms with van der Waals surface area (Å²) in [4.78, 5) is 22.6. The highest BCUT2D eigenvalue weighted by Gasteiger charge is 2.27. The van der Waals surface area contributed by atoms with Crippen molar-refractivity contribution in [2.75, 3.05) is 20.2 Å². The molecule has 6 nitrogen and oxygen atoms in total. The normalized spacial score (nSPS) is 21.7. The fourth-order valence-corrected chi connectivity index (χ4v) is 2.28. The Morgan fingerprint density at radius 3 is 2.60 bits per heavy atom. The van der Waals surface area contributed by atoms with E-state index in [1.807, 2.05) is 0 Å². The van der Waals surface area contributed by atoms with Crippen molar-refractivity contribution in [1.82, 2.24) is 10.6 Å². The summed E-state index contributed by atoms with van der Waals surface area (Å²) in [6, 6.07) is -0.245. The molecule has 116 valence electrons. The molecule has 1 saturated heterocycles. The molecule has 0 aromatic heterocycles. The van der Waals surface area contributed by atoms with Crippen molar-refractivity contribution in [2.45, 2.75) is 57.1 Å². The average molecular weight is 286 g/mol. The molecule has 6 heteroatoms. The maximum absolute atomic E-state index is 11.7. The van der Waals surface area contributed by atoms with Crippen LogP contribution in [0.3, 0.4) is 0 Å². The molecule has 1 heterocycles. The van der Waals surface area contributed by atoms with Crippen LogP contribution >= 0.6 is 0 Å². The summed E-state index contributed by atoms with van der Waals surface area (Å²) in [5, 5.41) is 15.2. The number of aliphatic hydroxyl groups excluding tert-OH is 1. The summed E-state index contributed by atoms with van der Waals surface area (Å²) in [6.07, 6.45) is 5.51. The van der Waals surface area contributed by atoms with Crippen LogP contribution in [0.4, 0.5) is 0 Å². The minimum atomic E-state index is -0.402. The van der Waals surface area contributed by atoms with Gasteiger partial charge in [-0.25, -0.2) is 0 Å². The first-order valence-corrected chi connectivity index (χ1v) is 7.39. The van der Waals surface area contributed by atoms with Gasteiger partial charge in [-0.3, -0.25) is 9.59 Å². The lowest BCUT2D eigenvalue weighted by atomic mass is 10.1. The van der Waals surface area contributed by atoms with E-state index >= 15 is 0 Å². The zero-order chi connectivity index (χ0) is 14.8. The molecule has 2 unspecified atom stereocenters. The third kappa shape index (κ3) is 6.86. The molecular weight excluding hydrogens is 260 g/mol. The van der Waals surface area contributed by atoms with Crippen LogP contribution in [0, 0.1) is 0 Å². The Balaban J connectivity index is 1.89. The minimum absolute atomic E-state index is 0.0211. The fraction of sp³-hybridized carbons (Fsp3) is 0.857.